The summed E-state index contributed by atoms with van der Waals surface area (Å²) in [6.07, 6.45) is 0.0494. The smallest absolute Gasteiger partial charge is 0.0762 e. The second-order valence-electron chi connectivity index (χ2n) is 5.84. The minimum Gasteiger partial charge on any atom is -0.391 e. The highest BCUT2D eigenvalue weighted by Crippen LogP contribution is 2.34. The lowest BCUT2D eigenvalue weighted by atomic mass is 10.1. The summed E-state index contributed by atoms with van der Waals surface area (Å²) in [4.78, 5) is 4.40. The Labute approximate surface area is 129 Å². The van der Waals surface area contributed by atoms with E-state index in [0.717, 1.165) is 28.7 Å². The molecule has 20 heavy (non-hydrogen) atoms. The van der Waals surface area contributed by atoms with Gasteiger partial charge in [0.1, 0.15) is 0 Å². The van der Waals surface area contributed by atoms with Gasteiger partial charge in [0.2, 0.25) is 0 Å². The first-order valence-electron chi connectivity index (χ1n) is 6.95. The van der Waals surface area contributed by atoms with Gasteiger partial charge in [-0.2, -0.15) is 0 Å². The molecular formula is C15H23BrN2O2. The fraction of sp³-hybridized carbons (Fsp3) is 0.600. The van der Waals surface area contributed by atoms with E-state index in [-0.39, 0.29) is 6.10 Å². The molecule has 4 nitrogen and oxygen atoms in total. The van der Waals surface area contributed by atoms with E-state index in [2.05, 4.69) is 39.8 Å². The van der Waals surface area contributed by atoms with Crippen molar-refractivity contribution < 1.29 is 10.2 Å². The summed E-state index contributed by atoms with van der Waals surface area (Å²) in [5, 5.41) is 19.6. The van der Waals surface area contributed by atoms with Crippen LogP contribution in [0.15, 0.2) is 22.7 Å². The molecule has 0 aromatic heterocycles. The Bertz CT molecular complexity index is 465. The monoisotopic (exact) mass is 342 g/mol. The zero-order chi connectivity index (χ0) is 14.9. The summed E-state index contributed by atoms with van der Waals surface area (Å²) in [7, 11) is 4.10. The average molecular weight is 343 g/mol. The second kappa shape index (κ2) is 6.43. The van der Waals surface area contributed by atoms with Crippen LogP contribution in [-0.4, -0.2) is 54.4 Å². The zero-order valence-electron chi connectivity index (χ0n) is 12.3. The standard InChI is InChI=1S/C15H23BrN2O2/c1-10(19)11-4-5-15(14(16)6-11)18-9-13(20)7-12(18)8-17(2)3/h4-6,10,12-13,19-20H,7-9H2,1-3H3/t10-,12?,13?/m0/s1. The van der Waals surface area contributed by atoms with Gasteiger partial charge in [-0.3, -0.25) is 0 Å². The van der Waals surface area contributed by atoms with E-state index in [1.807, 2.05) is 18.2 Å². The molecule has 1 heterocycles. The third-order valence-electron chi connectivity index (χ3n) is 3.73. The molecule has 1 fully saturated rings. The van der Waals surface area contributed by atoms with Crippen molar-refractivity contribution in [3.05, 3.63) is 28.2 Å². The van der Waals surface area contributed by atoms with E-state index in [9.17, 15) is 10.2 Å². The molecule has 0 bridgehead atoms. The van der Waals surface area contributed by atoms with Gasteiger partial charge in [0.25, 0.3) is 0 Å². The molecular weight excluding hydrogens is 320 g/mol. The lowest BCUT2D eigenvalue weighted by Crippen LogP contribution is -2.37. The van der Waals surface area contributed by atoms with Crippen molar-refractivity contribution in [2.75, 3.05) is 32.1 Å². The van der Waals surface area contributed by atoms with Crippen molar-refractivity contribution in [3.63, 3.8) is 0 Å². The maximum Gasteiger partial charge on any atom is 0.0762 e. The van der Waals surface area contributed by atoms with Crippen molar-refractivity contribution >= 4 is 21.6 Å². The molecule has 1 aliphatic heterocycles. The summed E-state index contributed by atoms with van der Waals surface area (Å²) >= 11 is 3.59. The predicted molar refractivity (Wildman–Crippen MR) is 85.1 cm³/mol. The quantitative estimate of drug-likeness (QED) is 0.878. The van der Waals surface area contributed by atoms with E-state index < -0.39 is 6.10 Å². The fourth-order valence-electron chi connectivity index (χ4n) is 2.80. The van der Waals surface area contributed by atoms with Crippen LogP contribution >= 0.6 is 15.9 Å². The van der Waals surface area contributed by atoms with Crippen molar-refractivity contribution in [3.8, 4) is 0 Å². The van der Waals surface area contributed by atoms with Crippen LogP contribution in [0.3, 0.4) is 0 Å². The van der Waals surface area contributed by atoms with Gasteiger partial charge in [0.15, 0.2) is 0 Å². The van der Waals surface area contributed by atoms with Crippen LogP contribution in [0, 0.1) is 0 Å². The second-order valence-corrected chi connectivity index (χ2v) is 6.70. The maximum absolute atomic E-state index is 9.96. The molecule has 0 spiro atoms. The van der Waals surface area contributed by atoms with E-state index in [1.54, 1.807) is 6.92 Å². The molecule has 112 valence electrons. The Hall–Kier alpha value is -0.620. The summed E-state index contributed by atoms with van der Waals surface area (Å²) in [5.74, 6) is 0. The number of likely N-dealkylation sites (N-methyl/N-ethyl adjacent to an activating group) is 1. The molecule has 0 amide bonds. The van der Waals surface area contributed by atoms with Crippen LogP contribution in [0.2, 0.25) is 0 Å². The normalized spacial score (nSPS) is 24.4. The lowest BCUT2D eigenvalue weighted by Gasteiger charge is -2.29. The number of anilines is 1. The number of halogens is 1. The lowest BCUT2D eigenvalue weighted by molar-refractivity contribution is 0.191. The van der Waals surface area contributed by atoms with Crippen LogP contribution in [0.4, 0.5) is 5.69 Å². The van der Waals surface area contributed by atoms with E-state index in [1.165, 1.54) is 0 Å². The molecule has 1 aromatic carbocycles. The number of aliphatic hydroxyl groups excluding tert-OH is 2. The minimum absolute atomic E-state index is 0.275. The third-order valence-corrected chi connectivity index (χ3v) is 4.37. The molecule has 0 radical (unpaired) electrons. The van der Waals surface area contributed by atoms with Crippen LogP contribution in [-0.2, 0) is 0 Å². The highest BCUT2D eigenvalue weighted by atomic mass is 79.9. The van der Waals surface area contributed by atoms with Crippen molar-refractivity contribution in [2.24, 2.45) is 0 Å². The van der Waals surface area contributed by atoms with Crippen molar-refractivity contribution in [1.82, 2.24) is 4.90 Å². The predicted octanol–water partition coefficient (Wildman–Crippen LogP) is 2.00. The zero-order valence-corrected chi connectivity index (χ0v) is 13.8. The van der Waals surface area contributed by atoms with Crippen molar-refractivity contribution in [1.29, 1.82) is 0 Å². The Kier molecular flexibility index (Phi) is 5.07. The largest absolute Gasteiger partial charge is 0.391 e. The number of β-amino-alcohol motifs (C(OH)–C–C–N with tert-alkyl or cyclic N) is 1. The highest BCUT2D eigenvalue weighted by molar-refractivity contribution is 9.10. The van der Waals surface area contributed by atoms with Gasteiger partial charge in [-0.25, -0.2) is 0 Å². The highest BCUT2D eigenvalue weighted by Gasteiger charge is 2.32. The van der Waals surface area contributed by atoms with Gasteiger partial charge in [0, 0.05) is 23.6 Å². The summed E-state index contributed by atoms with van der Waals surface area (Å²) in [6.45, 7) is 3.34. The first-order chi connectivity index (χ1) is 9.38. The molecule has 1 aromatic rings. The number of hydrogen-bond acceptors (Lipinski definition) is 4. The van der Waals surface area contributed by atoms with Crippen LogP contribution in [0.5, 0.6) is 0 Å². The van der Waals surface area contributed by atoms with Gasteiger partial charge in [-0.15, -0.1) is 0 Å². The Balaban J connectivity index is 2.25. The topological polar surface area (TPSA) is 46.9 Å². The summed E-state index contributed by atoms with van der Waals surface area (Å²) in [5.41, 5.74) is 1.97. The summed E-state index contributed by atoms with van der Waals surface area (Å²) < 4.78 is 0.966. The number of hydrogen-bond donors (Lipinski definition) is 2. The van der Waals surface area contributed by atoms with Crippen LogP contribution in [0.25, 0.3) is 0 Å². The van der Waals surface area contributed by atoms with E-state index in [4.69, 9.17) is 0 Å². The number of benzene rings is 1. The molecule has 0 saturated carbocycles. The van der Waals surface area contributed by atoms with E-state index in [0.29, 0.717) is 12.6 Å². The Morgan fingerprint density at radius 1 is 1.45 bits per heavy atom. The average Bonchev–Trinajstić information content (AvgIpc) is 2.68. The molecule has 2 unspecified atom stereocenters. The molecule has 3 atom stereocenters. The van der Waals surface area contributed by atoms with E-state index >= 15 is 0 Å². The van der Waals surface area contributed by atoms with Gasteiger partial charge >= 0.3 is 0 Å². The maximum atomic E-state index is 9.96. The minimum atomic E-state index is -0.470. The van der Waals surface area contributed by atoms with Gasteiger partial charge in [0.05, 0.1) is 17.9 Å². The van der Waals surface area contributed by atoms with Gasteiger partial charge < -0.3 is 20.0 Å². The Morgan fingerprint density at radius 3 is 2.70 bits per heavy atom. The summed E-state index contributed by atoms with van der Waals surface area (Å²) in [6, 6.07) is 6.24. The van der Waals surface area contributed by atoms with Crippen molar-refractivity contribution in [2.45, 2.75) is 31.6 Å². The van der Waals surface area contributed by atoms with Crippen LogP contribution in [0.1, 0.15) is 25.0 Å². The van der Waals surface area contributed by atoms with Gasteiger partial charge in [-0.05, 0) is 61.1 Å². The molecule has 5 heteroatoms. The Morgan fingerprint density at radius 2 is 2.15 bits per heavy atom. The third kappa shape index (κ3) is 3.52. The SMILES string of the molecule is C[C@H](O)c1ccc(N2CC(O)CC2CN(C)C)c(Br)c1. The molecule has 2 N–H and O–H groups in total. The molecule has 1 aliphatic rings. The van der Waals surface area contributed by atoms with Crippen LogP contribution < -0.4 is 4.90 Å². The molecule has 1 saturated heterocycles. The number of aliphatic hydroxyl groups is 2. The van der Waals surface area contributed by atoms with Gasteiger partial charge in [-0.1, -0.05) is 6.07 Å². The number of nitrogens with zero attached hydrogens (tertiary/aromatic N) is 2. The fourth-order valence-corrected chi connectivity index (χ4v) is 3.42. The first kappa shape index (κ1) is 15.8. The first-order valence-corrected chi connectivity index (χ1v) is 7.74. The number of rotatable bonds is 4. The molecule has 0 aliphatic carbocycles. The molecule has 2 rings (SSSR count).